The number of ether oxygens (including phenoxy) is 1. The molecule has 1 heterocycles. The van der Waals surface area contributed by atoms with Gasteiger partial charge in [-0.05, 0) is 19.3 Å². The summed E-state index contributed by atoms with van der Waals surface area (Å²) in [4.78, 5) is 25.9. The van der Waals surface area contributed by atoms with Crippen LogP contribution in [0.3, 0.4) is 0 Å². The highest BCUT2D eigenvalue weighted by molar-refractivity contribution is 5.83. The lowest BCUT2D eigenvalue weighted by atomic mass is 9.71. The Bertz CT molecular complexity index is 378. The lowest BCUT2D eigenvalue weighted by Gasteiger charge is -2.42. The Morgan fingerprint density at radius 2 is 2.00 bits per heavy atom. The lowest BCUT2D eigenvalue weighted by Crippen LogP contribution is -2.54. The molecule has 0 spiro atoms. The van der Waals surface area contributed by atoms with Gasteiger partial charge in [0.05, 0.1) is 12.7 Å². The van der Waals surface area contributed by atoms with Crippen LogP contribution in [0.5, 0.6) is 0 Å². The van der Waals surface area contributed by atoms with E-state index in [1.165, 1.54) is 26.2 Å². The van der Waals surface area contributed by atoms with Crippen LogP contribution in [0.15, 0.2) is 0 Å². The maximum absolute atomic E-state index is 13.0. The first kappa shape index (κ1) is 16.3. The second-order valence-corrected chi connectivity index (χ2v) is 6.38. The van der Waals surface area contributed by atoms with Gasteiger partial charge in [-0.2, -0.15) is 0 Å². The van der Waals surface area contributed by atoms with Gasteiger partial charge in [-0.15, -0.1) is 0 Å². The molecule has 1 aliphatic heterocycles. The molecule has 2 rings (SSSR count). The van der Waals surface area contributed by atoms with E-state index in [-0.39, 0.29) is 17.4 Å². The van der Waals surface area contributed by atoms with Crippen LogP contribution in [-0.4, -0.2) is 49.1 Å². The Balaban J connectivity index is 1.95. The minimum absolute atomic E-state index is 0.0561. The highest BCUT2D eigenvalue weighted by Gasteiger charge is 2.41. The third-order valence-corrected chi connectivity index (χ3v) is 4.95. The minimum Gasteiger partial charge on any atom is -0.373 e. The van der Waals surface area contributed by atoms with Crippen molar-refractivity contribution in [3.8, 4) is 0 Å². The van der Waals surface area contributed by atoms with E-state index in [0.717, 1.165) is 19.3 Å². The zero-order chi connectivity index (χ0) is 15.3. The molecule has 0 bridgehead atoms. The Labute approximate surface area is 127 Å². The van der Waals surface area contributed by atoms with Gasteiger partial charge in [-0.25, -0.2) is 0 Å². The van der Waals surface area contributed by atoms with Crippen LogP contribution in [0.1, 0.15) is 52.4 Å². The van der Waals surface area contributed by atoms with Gasteiger partial charge >= 0.3 is 0 Å². The van der Waals surface area contributed by atoms with Crippen LogP contribution in [0.4, 0.5) is 0 Å². The number of nitrogens with zero attached hydrogens (tertiary/aromatic N) is 1. The first-order chi connectivity index (χ1) is 10.1. The molecule has 0 radical (unpaired) electrons. The first-order valence-corrected chi connectivity index (χ1v) is 8.23. The topological polar surface area (TPSA) is 58.6 Å². The van der Waals surface area contributed by atoms with Crippen molar-refractivity contribution in [2.24, 2.45) is 5.41 Å². The number of hydrogen-bond donors (Lipinski definition) is 1. The number of morpholine rings is 1. The average molecular weight is 296 g/mol. The van der Waals surface area contributed by atoms with Gasteiger partial charge in [-0.3, -0.25) is 9.59 Å². The standard InChI is InChI=1S/C16H28N2O3/c1-3-16(7-5-4-6-8-16)15(20)18-9-10-21-14(12-18)11-17-13(2)19/h14H,3-12H2,1-2H3,(H,17,19)/t14-/m0/s1. The van der Waals surface area contributed by atoms with Crippen LogP contribution in [0.25, 0.3) is 0 Å². The molecule has 2 aliphatic rings. The molecular weight excluding hydrogens is 268 g/mol. The van der Waals surface area contributed by atoms with Gasteiger partial charge in [0, 0.05) is 32.0 Å². The van der Waals surface area contributed by atoms with Gasteiger partial charge in [0.15, 0.2) is 0 Å². The fraction of sp³-hybridized carbons (Fsp3) is 0.875. The number of amides is 2. The third kappa shape index (κ3) is 3.96. The highest BCUT2D eigenvalue weighted by Crippen LogP contribution is 2.41. The quantitative estimate of drug-likeness (QED) is 0.859. The van der Waals surface area contributed by atoms with Crippen molar-refractivity contribution in [1.29, 1.82) is 0 Å². The van der Waals surface area contributed by atoms with Crippen LogP contribution in [0, 0.1) is 5.41 Å². The molecule has 1 N–H and O–H groups in total. The van der Waals surface area contributed by atoms with Crippen molar-refractivity contribution in [2.45, 2.75) is 58.5 Å². The number of nitrogens with one attached hydrogen (secondary N) is 1. The molecule has 1 atom stereocenters. The normalized spacial score (nSPS) is 25.4. The van der Waals surface area contributed by atoms with Crippen molar-refractivity contribution in [2.75, 3.05) is 26.2 Å². The molecule has 0 aromatic carbocycles. The molecule has 1 aliphatic carbocycles. The molecule has 120 valence electrons. The maximum atomic E-state index is 13.0. The summed E-state index contributed by atoms with van der Waals surface area (Å²) in [6.07, 6.45) is 6.48. The summed E-state index contributed by atoms with van der Waals surface area (Å²) in [7, 11) is 0. The molecule has 21 heavy (non-hydrogen) atoms. The van der Waals surface area contributed by atoms with Gasteiger partial charge in [0.25, 0.3) is 0 Å². The highest BCUT2D eigenvalue weighted by atomic mass is 16.5. The Morgan fingerprint density at radius 3 is 2.62 bits per heavy atom. The summed E-state index contributed by atoms with van der Waals surface area (Å²) < 4.78 is 5.65. The number of carbonyl (C=O) groups excluding carboxylic acids is 2. The smallest absolute Gasteiger partial charge is 0.228 e. The fourth-order valence-corrected chi connectivity index (χ4v) is 3.57. The van der Waals surface area contributed by atoms with E-state index >= 15 is 0 Å². The molecule has 5 heteroatoms. The van der Waals surface area contributed by atoms with Crippen LogP contribution < -0.4 is 5.32 Å². The zero-order valence-electron chi connectivity index (χ0n) is 13.3. The number of carbonyl (C=O) groups is 2. The van der Waals surface area contributed by atoms with Gasteiger partial charge in [0.2, 0.25) is 11.8 Å². The fourth-order valence-electron chi connectivity index (χ4n) is 3.57. The first-order valence-electron chi connectivity index (χ1n) is 8.23. The van der Waals surface area contributed by atoms with E-state index in [9.17, 15) is 9.59 Å². The maximum Gasteiger partial charge on any atom is 0.228 e. The van der Waals surface area contributed by atoms with Crippen LogP contribution in [0.2, 0.25) is 0 Å². The Kier molecular flexibility index (Phi) is 5.62. The minimum atomic E-state index is -0.145. The van der Waals surface area contributed by atoms with Crippen LogP contribution in [-0.2, 0) is 14.3 Å². The summed E-state index contributed by atoms with van der Waals surface area (Å²) in [5.74, 6) is 0.250. The second kappa shape index (κ2) is 7.25. The Hall–Kier alpha value is -1.10. The molecule has 5 nitrogen and oxygen atoms in total. The molecule has 0 aromatic rings. The van der Waals surface area contributed by atoms with Crippen LogP contribution >= 0.6 is 0 Å². The van der Waals surface area contributed by atoms with E-state index in [1.807, 2.05) is 4.90 Å². The van der Waals surface area contributed by atoms with Crippen molar-refractivity contribution < 1.29 is 14.3 Å². The summed E-state index contributed by atoms with van der Waals surface area (Å²) in [5, 5.41) is 2.78. The van der Waals surface area contributed by atoms with Gasteiger partial charge in [-0.1, -0.05) is 26.2 Å². The molecule has 1 saturated carbocycles. The Morgan fingerprint density at radius 1 is 1.29 bits per heavy atom. The van der Waals surface area contributed by atoms with Gasteiger partial charge < -0.3 is 15.0 Å². The monoisotopic (exact) mass is 296 g/mol. The number of rotatable bonds is 4. The molecule has 2 fully saturated rings. The van der Waals surface area contributed by atoms with Gasteiger partial charge in [0.1, 0.15) is 0 Å². The van der Waals surface area contributed by atoms with E-state index < -0.39 is 0 Å². The SMILES string of the molecule is CCC1(C(=O)N2CCO[C@@H](CNC(C)=O)C2)CCCCC1. The second-order valence-electron chi connectivity index (χ2n) is 6.38. The summed E-state index contributed by atoms with van der Waals surface area (Å²) in [6.45, 7) is 5.96. The summed E-state index contributed by atoms with van der Waals surface area (Å²) in [5.41, 5.74) is -0.145. The third-order valence-electron chi connectivity index (χ3n) is 4.95. The summed E-state index contributed by atoms with van der Waals surface area (Å²) >= 11 is 0. The average Bonchev–Trinajstić information content (AvgIpc) is 2.53. The predicted octanol–water partition coefficient (Wildman–Crippen LogP) is 1.71. The largest absolute Gasteiger partial charge is 0.373 e. The lowest BCUT2D eigenvalue weighted by molar-refractivity contribution is -0.152. The predicted molar refractivity (Wildman–Crippen MR) is 80.8 cm³/mol. The van der Waals surface area contributed by atoms with Crippen molar-refractivity contribution in [1.82, 2.24) is 10.2 Å². The molecular formula is C16H28N2O3. The van der Waals surface area contributed by atoms with E-state index in [4.69, 9.17) is 4.74 Å². The zero-order valence-corrected chi connectivity index (χ0v) is 13.3. The van der Waals surface area contributed by atoms with E-state index in [1.54, 1.807) is 0 Å². The number of hydrogen-bond acceptors (Lipinski definition) is 3. The molecule has 2 amide bonds. The van der Waals surface area contributed by atoms with Crippen molar-refractivity contribution >= 4 is 11.8 Å². The molecule has 1 saturated heterocycles. The van der Waals surface area contributed by atoms with Crippen molar-refractivity contribution in [3.63, 3.8) is 0 Å². The van der Waals surface area contributed by atoms with E-state index in [2.05, 4.69) is 12.2 Å². The van der Waals surface area contributed by atoms with Crippen molar-refractivity contribution in [3.05, 3.63) is 0 Å². The molecule has 0 aromatic heterocycles. The molecule has 0 unspecified atom stereocenters. The summed E-state index contributed by atoms with van der Waals surface area (Å²) in [6, 6.07) is 0. The van der Waals surface area contributed by atoms with E-state index in [0.29, 0.717) is 32.1 Å².